The molecule has 0 saturated carbocycles. The highest BCUT2D eigenvalue weighted by Gasteiger charge is 2.17. The van der Waals surface area contributed by atoms with Gasteiger partial charge < -0.3 is 9.38 Å². The second-order valence-corrected chi connectivity index (χ2v) is 9.90. The predicted octanol–water partition coefficient (Wildman–Crippen LogP) is 7.19. The Morgan fingerprint density at radius 2 is 1.03 bits per heavy atom. The Morgan fingerprint density at radius 1 is 0.621 bits per heavy atom. The molecule has 0 radical (unpaired) electrons. The average Bonchev–Trinajstić information content (AvgIpc) is 2.70. The van der Waals surface area contributed by atoms with Crippen molar-refractivity contribution >= 4 is 5.91 Å². The van der Waals surface area contributed by atoms with Crippen LogP contribution in [-0.4, -0.2) is 56.1 Å². The van der Waals surface area contributed by atoms with Crippen LogP contribution in [0.15, 0.2) is 0 Å². The van der Waals surface area contributed by atoms with Gasteiger partial charge in [-0.15, -0.1) is 0 Å². The summed E-state index contributed by atoms with van der Waals surface area (Å²) < 4.78 is 1.03. The highest BCUT2D eigenvalue weighted by Crippen LogP contribution is 2.12. The molecule has 0 aliphatic carbocycles. The number of rotatable bonds is 21. The van der Waals surface area contributed by atoms with Gasteiger partial charge in [0.15, 0.2) is 0 Å². The summed E-state index contributed by atoms with van der Waals surface area (Å²) in [5.74, 6) is 0.337. The van der Waals surface area contributed by atoms with Crippen molar-refractivity contribution in [1.29, 1.82) is 0 Å². The van der Waals surface area contributed by atoms with Crippen LogP contribution in [0.2, 0.25) is 0 Å². The lowest BCUT2D eigenvalue weighted by Gasteiger charge is -2.32. The molecule has 0 heterocycles. The van der Waals surface area contributed by atoms with E-state index in [9.17, 15) is 4.79 Å². The quantitative estimate of drug-likeness (QED) is 0.144. The van der Waals surface area contributed by atoms with Gasteiger partial charge in [0.1, 0.15) is 0 Å². The first kappa shape index (κ1) is 28.4. The summed E-state index contributed by atoms with van der Waals surface area (Å²) >= 11 is 0. The van der Waals surface area contributed by atoms with Gasteiger partial charge in [0.25, 0.3) is 0 Å². The van der Waals surface area contributed by atoms with Crippen molar-refractivity contribution in [3.8, 4) is 0 Å². The molecule has 0 aliphatic rings. The van der Waals surface area contributed by atoms with Gasteiger partial charge in [-0.05, 0) is 19.3 Å². The van der Waals surface area contributed by atoms with Gasteiger partial charge in [0.05, 0.1) is 33.7 Å². The topological polar surface area (TPSA) is 20.3 Å². The maximum absolute atomic E-state index is 12.4. The van der Waals surface area contributed by atoms with E-state index < -0.39 is 0 Å². The summed E-state index contributed by atoms with van der Waals surface area (Å²) in [7, 11) is 6.62. The molecule has 0 bridgehead atoms. The van der Waals surface area contributed by atoms with Crippen LogP contribution in [0.4, 0.5) is 0 Å². The van der Waals surface area contributed by atoms with Gasteiger partial charge in [0.2, 0.25) is 5.91 Å². The Labute approximate surface area is 184 Å². The fourth-order valence-corrected chi connectivity index (χ4v) is 3.93. The standard InChI is InChI=1S/C26H55N2O/c1-6-8-10-12-14-15-16-18-20-22-26(29)27(3)23-25-28(4,5)24-21-19-17-13-11-9-7-2/h6-25H2,1-5H3/q+1. The SMILES string of the molecule is CCCCCCCCCCCC(=O)N(C)CC[N+](C)(C)CCCCCCCCC. The first-order chi connectivity index (χ1) is 13.9. The number of carbonyl (C=O) groups is 1. The molecule has 1 amide bonds. The molecule has 3 heteroatoms. The van der Waals surface area contributed by atoms with E-state index in [2.05, 4.69) is 27.9 Å². The number of carbonyl (C=O) groups excluding carboxylic acids is 1. The minimum atomic E-state index is 0.337. The normalized spacial score (nSPS) is 11.8. The molecule has 0 fully saturated rings. The molecule has 0 aromatic heterocycles. The Balaban J connectivity index is 3.66. The van der Waals surface area contributed by atoms with Gasteiger partial charge in [-0.25, -0.2) is 0 Å². The second kappa shape index (κ2) is 19.4. The van der Waals surface area contributed by atoms with Gasteiger partial charge >= 0.3 is 0 Å². The second-order valence-electron chi connectivity index (χ2n) is 9.90. The molecule has 174 valence electrons. The van der Waals surface area contributed by atoms with Crippen LogP contribution in [0, 0.1) is 0 Å². The van der Waals surface area contributed by atoms with Gasteiger partial charge in [-0.3, -0.25) is 4.79 Å². The van der Waals surface area contributed by atoms with Crippen molar-refractivity contribution in [3.05, 3.63) is 0 Å². The average molecular weight is 412 g/mol. The zero-order chi connectivity index (χ0) is 21.8. The van der Waals surface area contributed by atoms with Crippen LogP contribution in [0.25, 0.3) is 0 Å². The van der Waals surface area contributed by atoms with Crippen LogP contribution < -0.4 is 0 Å². The van der Waals surface area contributed by atoms with E-state index in [1.165, 1.54) is 103 Å². The molecule has 0 rings (SSSR count). The van der Waals surface area contributed by atoms with Crippen molar-refractivity contribution in [1.82, 2.24) is 4.90 Å². The molecule has 0 aliphatic heterocycles. The minimum absolute atomic E-state index is 0.337. The number of hydrogen-bond donors (Lipinski definition) is 0. The van der Waals surface area contributed by atoms with E-state index in [4.69, 9.17) is 0 Å². The van der Waals surface area contributed by atoms with E-state index in [0.29, 0.717) is 5.91 Å². The Morgan fingerprint density at radius 3 is 1.52 bits per heavy atom. The summed E-state index contributed by atoms with van der Waals surface area (Å²) in [6.45, 7) is 7.73. The maximum atomic E-state index is 12.4. The third-order valence-corrected chi connectivity index (χ3v) is 6.33. The number of amides is 1. The molecule has 0 atom stereocenters. The summed E-state index contributed by atoms with van der Waals surface area (Å²) in [6.07, 6.45) is 22.1. The lowest BCUT2D eigenvalue weighted by Crippen LogP contribution is -2.46. The lowest BCUT2D eigenvalue weighted by molar-refractivity contribution is -0.889. The number of nitrogens with zero attached hydrogens (tertiary/aromatic N) is 2. The highest BCUT2D eigenvalue weighted by molar-refractivity contribution is 5.75. The number of hydrogen-bond acceptors (Lipinski definition) is 1. The zero-order valence-electron chi connectivity index (χ0n) is 20.9. The molecule has 0 N–H and O–H groups in total. The molecule has 3 nitrogen and oxygen atoms in total. The van der Waals surface area contributed by atoms with Gasteiger partial charge in [-0.1, -0.05) is 97.3 Å². The van der Waals surface area contributed by atoms with Crippen molar-refractivity contribution in [3.63, 3.8) is 0 Å². The Hall–Kier alpha value is -0.570. The van der Waals surface area contributed by atoms with E-state index in [0.717, 1.165) is 30.4 Å². The fourth-order valence-electron chi connectivity index (χ4n) is 3.93. The predicted molar refractivity (Wildman–Crippen MR) is 129 cm³/mol. The molecule has 0 saturated heterocycles. The fraction of sp³-hybridized carbons (Fsp3) is 0.962. The highest BCUT2D eigenvalue weighted by atomic mass is 16.2. The molecule has 0 spiro atoms. The van der Waals surface area contributed by atoms with Gasteiger partial charge in [-0.2, -0.15) is 0 Å². The van der Waals surface area contributed by atoms with Crippen LogP contribution >= 0.6 is 0 Å². The third kappa shape index (κ3) is 19.2. The van der Waals surface area contributed by atoms with Crippen LogP contribution in [-0.2, 0) is 4.79 Å². The molecule has 0 unspecified atom stereocenters. The van der Waals surface area contributed by atoms with Crippen molar-refractivity contribution in [2.45, 2.75) is 123 Å². The monoisotopic (exact) mass is 411 g/mol. The molecule has 29 heavy (non-hydrogen) atoms. The number of unbranched alkanes of at least 4 members (excludes halogenated alkanes) is 14. The zero-order valence-corrected chi connectivity index (χ0v) is 20.9. The molecular formula is C26H55N2O+. The Bertz CT molecular complexity index is 368. The van der Waals surface area contributed by atoms with Gasteiger partial charge in [0, 0.05) is 13.5 Å². The summed E-state index contributed by atoms with van der Waals surface area (Å²) in [5.41, 5.74) is 0. The summed E-state index contributed by atoms with van der Waals surface area (Å²) in [6, 6.07) is 0. The van der Waals surface area contributed by atoms with E-state index in [1.54, 1.807) is 0 Å². The minimum Gasteiger partial charge on any atom is -0.340 e. The van der Waals surface area contributed by atoms with Crippen LogP contribution in [0.5, 0.6) is 0 Å². The smallest absolute Gasteiger partial charge is 0.222 e. The molecule has 0 aromatic rings. The van der Waals surface area contributed by atoms with E-state index in [-0.39, 0.29) is 0 Å². The van der Waals surface area contributed by atoms with Crippen molar-refractivity contribution < 1.29 is 9.28 Å². The largest absolute Gasteiger partial charge is 0.340 e. The van der Waals surface area contributed by atoms with E-state index >= 15 is 0 Å². The molecular weight excluding hydrogens is 356 g/mol. The first-order valence-electron chi connectivity index (χ1n) is 13.0. The van der Waals surface area contributed by atoms with Crippen LogP contribution in [0.1, 0.15) is 123 Å². The maximum Gasteiger partial charge on any atom is 0.222 e. The van der Waals surface area contributed by atoms with Crippen molar-refractivity contribution in [2.75, 3.05) is 40.8 Å². The van der Waals surface area contributed by atoms with E-state index in [1.807, 2.05) is 11.9 Å². The summed E-state index contributed by atoms with van der Waals surface area (Å²) in [5, 5.41) is 0. The lowest BCUT2D eigenvalue weighted by atomic mass is 10.1. The molecule has 0 aromatic carbocycles. The Kier molecular flexibility index (Phi) is 19.0. The first-order valence-corrected chi connectivity index (χ1v) is 13.0. The van der Waals surface area contributed by atoms with Crippen LogP contribution in [0.3, 0.4) is 0 Å². The number of quaternary nitrogens is 1. The number of likely N-dealkylation sites (N-methyl/N-ethyl adjacent to an activating group) is 2. The third-order valence-electron chi connectivity index (χ3n) is 6.33. The van der Waals surface area contributed by atoms with Crippen molar-refractivity contribution in [2.24, 2.45) is 0 Å². The summed E-state index contributed by atoms with van der Waals surface area (Å²) in [4.78, 5) is 14.3.